The van der Waals surface area contributed by atoms with Gasteiger partial charge in [0.05, 0.1) is 30.8 Å². The van der Waals surface area contributed by atoms with Gasteiger partial charge in [0.15, 0.2) is 0 Å². The first-order chi connectivity index (χ1) is 14.0. The largest absolute Gasteiger partial charge is 0.424 e. The van der Waals surface area contributed by atoms with Crippen molar-refractivity contribution in [3.8, 4) is 11.8 Å². The van der Waals surface area contributed by atoms with E-state index in [0.29, 0.717) is 30.4 Å². The third kappa shape index (κ3) is 3.04. The smallest absolute Gasteiger partial charge is 0.329 e. The highest BCUT2D eigenvalue weighted by atomic mass is 16.5. The lowest BCUT2D eigenvalue weighted by atomic mass is 9.99. The number of fused-ring (bicyclic) bond motifs is 1. The van der Waals surface area contributed by atoms with Crippen LogP contribution in [-0.2, 0) is 16.1 Å². The quantitative estimate of drug-likeness (QED) is 0.781. The fourth-order valence-corrected chi connectivity index (χ4v) is 3.83. The number of anilines is 1. The van der Waals surface area contributed by atoms with Crippen LogP contribution in [0.1, 0.15) is 50.3 Å². The molecule has 1 saturated heterocycles. The van der Waals surface area contributed by atoms with Gasteiger partial charge in [-0.3, -0.25) is 4.79 Å². The molecule has 3 heterocycles. The number of hydrogen-bond donors (Lipinski definition) is 1. The molecule has 1 aromatic heterocycles. The number of ether oxygens (including phenoxy) is 2. The van der Waals surface area contributed by atoms with Crippen molar-refractivity contribution in [2.45, 2.75) is 51.4 Å². The minimum Gasteiger partial charge on any atom is -0.424 e. The molecule has 0 spiro atoms. The van der Waals surface area contributed by atoms with Gasteiger partial charge in [0.2, 0.25) is 0 Å². The van der Waals surface area contributed by atoms with Crippen LogP contribution in [0.15, 0.2) is 30.6 Å². The number of urea groups is 1. The van der Waals surface area contributed by atoms with E-state index < -0.39 is 11.6 Å². The molecule has 2 fully saturated rings. The summed E-state index contributed by atoms with van der Waals surface area (Å²) in [5.41, 5.74) is 1.78. The van der Waals surface area contributed by atoms with Crippen molar-refractivity contribution in [2.75, 3.05) is 4.90 Å². The molecule has 150 valence electrons. The normalized spacial score (nSPS) is 25.9. The molecule has 5 rings (SSSR count). The Kier molecular flexibility index (Phi) is 4.06. The summed E-state index contributed by atoms with van der Waals surface area (Å²) in [5, 5.41) is 2.71. The average Bonchev–Trinajstić information content (AvgIpc) is 3.43. The van der Waals surface area contributed by atoms with Gasteiger partial charge >= 0.3 is 12.0 Å². The van der Waals surface area contributed by atoms with Crippen molar-refractivity contribution in [1.29, 1.82) is 0 Å². The number of imide groups is 1. The fourth-order valence-electron chi connectivity index (χ4n) is 3.83. The van der Waals surface area contributed by atoms with Gasteiger partial charge in [-0.2, -0.15) is 0 Å². The Morgan fingerprint density at radius 3 is 2.69 bits per heavy atom. The van der Waals surface area contributed by atoms with Gasteiger partial charge in [0, 0.05) is 0 Å². The van der Waals surface area contributed by atoms with Gasteiger partial charge in [-0.25, -0.2) is 19.7 Å². The maximum Gasteiger partial charge on any atom is 0.329 e. The minimum atomic E-state index is -0.906. The lowest BCUT2D eigenvalue weighted by Gasteiger charge is -2.19. The van der Waals surface area contributed by atoms with Crippen LogP contribution in [-0.4, -0.2) is 27.4 Å². The lowest BCUT2D eigenvalue weighted by Crippen LogP contribution is -2.43. The molecule has 0 radical (unpaired) electrons. The van der Waals surface area contributed by atoms with Crippen LogP contribution in [0.5, 0.6) is 11.8 Å². The minimum absolute atomic E-state index is 0.154. The van der Waals surface area contributed by atoms with Crippen molar-refractivity contribution >= 4 is 17.6 Å². The fraction of sp³-hybridized carbons (Fsp3) is 0.429. The van der Waals surface area contributed by atoms with E-state index in [0.717, 1.165) is 4.90 Å². The standard InChI is InChI=1S/C21H22N4O4/c1-3-21(2)18(26)25(20(27)24-21)14-9-22-19(23-10-14)29-15-7-6-13-11-28-17(12-4-5-12)16(13)8-15/h6-10,12,17H,3-5,11H2,1-2H3,(H,24,27)/t17-,21+/m0/s1. The molecule has 1 saturated carbocycles. The summed E-state index contributed by atoms with van der Waals surface area (Å²) in [6.07, 6.45) is 5.92. The molecular formula is C21H22N4O4. The van der Waals surface area contributed by atoms with E-state index in [9.17, 15) is 9.59 Å². The van der Waals surface area contributed by atoms with Gasteiger partial charge in [0.25, 0.3) is 5.91 Å². The van der Waals surface area contributed by atoms with Crippen LogP contribution in [0.25, 0.3) is 0 Å². The van der Waals surface area contributed by atoms with Crippen LogP contribution >= 0.6 is 0 Å². The maximum atomic E-state index is 12.6. The van der Waals surface area contributed by atoms with E-state index in [1.165, 1.54) is 36.4 Å². The monoisotopic (exact) mass is 394 g/mol. The molecule has 1 aliphatic carbocycles. The van der Waals surface area contributed by atoms with Crippen LogP contribution in [0, 0.1) is 5.92 Å². The van der Waals surface area contributed by atoms with Gasteiger partial charge in [-0.1, -0.05) is 13.0 Å². The zero-order chi connectivity index (χ0) is 20.2. The Morgan fingerprint density at radius 2 is 2.03 bits per heavy atom. The second-order valence-corrected chi connectivity index (χ2v) is 8.01. The number of rotatable bonds is 5. The molecule has 2 atom stereocenters. The zero-order valence-electron chi connectivity index (χ0n) is 16.3. The Morgan fingerprint density at radius 1 is 1.28 bits per heavy atom. The Bertz CT molecular complexity index is 989. The predicted molar refractivity (Wildman–Crippen MR) is 104 cm³/mol. The van der Waals surface area contributed by atoms with Crippen molar-refractivity contribution in [3.63, 3.8) is 0 Å². The molecule has 2 aromatic rings. The number of nitrogens with zero attached hydrogens (tertiary/aromatic N) is 3. The predicted octanol–water partition coefficient (Wildman–Crippen LogP) is 3.48. The van der Waals surface area contributed by atoms with Gasteiger partial charge in [-0.05, 0) is 55.4 Å². The number of hydrogen-bond acceptors (Lipinski definition) is 6. The first kappa shape index (κ1) is 18.1. The Balaban J connectivity index is 1.34. The molecule has 3 aliphatic rings. The SMILES string of the molecule is CC[C@@]1(C)NC(=O)N(c2cnc(Oc3ccc4c(c3)[C@H](C3CC3)OC4)nc2)C1=O. The Hall–Kier alpha value is -3.00. The van der Waals surface area contributed by atoms with E-state index >= 15 is 0 Å². The topological polar surface area (TPSA) is 93.7 Å². The highest BCUT2D eigenvalue weighted by Crippen LogP contribution is 2.48. The molecule has 0 bridgehead atoms. The van der Waals surface area contributed by atoms with Crippen molar-refractivity contribution in [3.05, 3.63) is 41.7 Å². The summed E-state index contributed by atoms with van der Waals surface area (Å²) in [7, 11) is 0. The average molecular weight is 394 g/mol. The lowest BCUT2D eigenvalue weighted by molar-refractivity contribution is -0.121. The number of carbonyl (C=O) groups is 2. The highest BCUT2D eigenvalue weighted by molar-refractivity contribution is 6.23. The molecule has 1 aromatic carbocycles. The summed E-state index contributed by atoms with van der Waals surface area (Å²) < 4.78 is 11.7. The second-order valence-electron chi connectivity index (χ2n) is 8.01. The Labute approximate surface area is 168 Å². The first-order valence-electron chi connectivity index (χ1n) is 9.89. The summed E-state index contributed by atoms with van der Waals surface area (Å²) in [5.74, 6) is 0.938. The van der Waals surface area contributed by atoms with Crippen LogP contribution in [0.3, 0.4) is 0 Å². The van der Waals surface area contributed by atoms with Crippen LogP contribution < -0.4 is 15.0 Å². The summed E-state index contributed by atoms with van der Waals surface area (Å²) in [4.78, 5) is 34.3. The van der Waals surface area contributed by atoms with Crippen molar-refractivity contribution in [1.82, 2.24) is 15.3 Å². The van der Waals surface area contributed by atoms with E-state index in [1.807, 2.05) is 25.1 Å². The highest BCUT2D eigenvalue weighted by Gasteiger charge is 2.47. The molecule has 3 amide bonds. The molecule has 8 nitrogen and oxygen atoms in total. The molecular weight excluding hydrogens is 372 g/mol. The number of nitrogens with one attached hydrogen (secondary N) is 1. The van der Waals surface area contributed by atoms with E-state index in [2.05, 4.69) is 15.3 Å². The van der Waals surface area contributed by atoms with E-state index in [1.54, 1.807) is 6.92 Å². The van der Waals surface area contributed by atoms with Crippen molar-refractivity contribution < 1.29 is 19.1 Å². The molecule has 2 aliphatic heterocycles. The number of aromatic nitrogens is 2. The summed E-state index contributed by atoms with van der Waals surface area (Å²) in [6, 6.07) is 5.56. The number of amides is 3. The van der Waals surface area contributed by atoms with Crippen LogP contribution in [0.4, 0.5) is 10.5 Å². The van der Waals surface area contributed by atoms with Gasteiger partial charge in [-0.15, -0.1) is 0 Å². The van der Waals surface area contributed by atoms with Gasteiger partial charge < -0.3 is 14.8 Å². The molecule has 29 heavy (non-hydrogen) atoms. The maximum absolute atomic E-state index is 12.6. The van der Waals surface area contributed by atoms with Crippen LogP contribution in [0.2, 0.25) is 0 Å². The van der Waals surface area contributed by atoms with E-state index in [-0.39, 0.29) is 18.0 Å². The zero-order valence-corrected chi connectivity index (χ0v) is 16.3. The molecule has 1 N–H and O–H groups in total. The third-order valence-corrected chi connectivity index (χ3v) is 5.94. The van der Waals surface area contributed by atoms with Gasteiger partial charge in [0.1, 0.15) is 11.3 Å². The first-order valence-corrected chi connectivity index (χ1v) is 9.89. The van der Waals surface area contributed by atoms with E-state index in [4.69, 9.17) is 9.47 Å². The number of carbonyl (C=O) groups excluding carboxylic acids is 2. The third-order valence-electron chi connectivity index (χ3n) is 5.94. The molecule has 0 unspecified atom stereocenters. The van der Waals surface area contributed by atoms with Crippen molar-refractivity contribution in [2.24, 2.45) is 5.92 Å². The molecule has 8 heteroatoms. The summed E-state index contributed by atoms with van der Waals surface area (Å²) in [6.45, 7) is 4.20. The number of benzene rings is 1. The second kappa shape index (κ2) is 6.52. The summed E-state index contributed by atoms with van der Waals surface area (Å²) >= 11 is 0.